The van der Waals surface area contributed by atoms with Crippen molar-refractivity contribution >= 4 is 38.8 Å². The first-order valence-electron chi connectivity index (χ1n) is 9.01. The normalized spacial score (nSPS) is 11.8. The van der Waals surface area contributed by atoms with Gasteiger partial charge in [-0.3, -0.25) is 4.99 Å². The Kier molecular flexibility index (Phi) is 6.96. The first-order chi connectivity index (χ1) is 12.8. The summed E-state index contributed by atoms with van der Waals surface area (Å²) < 4.78 is 1.27. The molecule has 7 heteroatoms. The molecule has 2 N–H and O–H groups in total. The second kappa shape index (κ2) is 9.64. The van der Waals surface area contributed by atoms with Gasteiger partial charge in [0.2, 0.25) is 0 Å². The first-order valence-corrected chi connectivity index (χ1v) is 10.6. The Labute approximate surface area is 162 Å². The zero-order valence-corrected chi connectivity index (χ0v) is 16.9. The van der Waals surface area contributed by atoms with E-state index in [1.165, 1.54) is 19.6 Å². The number of thiazole rings is 2. The molecule has 0 bridgehead atoms. The van der Waals surface area contributed by atoms with Crippen molar-refractivity contribution in [3.8, 4) is 0 Å². The number of rotatable bonds is 8. The van der Waals surface area contributed by atoms with E-state index in [0.29, 0.717) is 0 Å². The van der Waals surface area contributed by atoms with Crippen molar-refractivity contribution in [1.29, 1.82) is 0 Å². The van der Waals surface area contributed by atoms with Gasteiger partial charge >= 0.3 is 0 Å². The quantitative estimate of drug-likeness (QED) is 0.352. The van der Waals surface area contributed by atoms with Crippen molar-refractivity contribution in [2.75, 3.05) is 20.1 Å². The van der Waals surface area contributed by atoms with Crippen LogP contribution in [0.25, 0.3) is 10.2 Å². The molecule has 138 valence electrons. The number of para-hydroxylation sites is 1. The predicted molar refractivity (Wildman–Crippen MR) is 113 cm³/mol. The zero-order chi connectivity index (χ0) is 18.2. The highest BCUT2D eigenvalue weighted by molar-refractivity contribution is 7.18. The molecule has 0 atom stereocenters. The number of hydrogen-bond acceptors (Lipinski definition) is 5. The molecule has 1 aromatic carbocycles. The summed E-state index contributed by atoms with van der Waals surface area (Å²) in [7, 11) is 1.81. The lowest BCUT2D eigenvalue weighted by Gasteiger charge is -2.10. The summed E-state index contributed by atoms with van der Waals surface area (Å²) in [6, 6.07) is 8.31. The minimum Gasteiger partial charge on any atom is -0.356 e. The van der Waals surface area contributed by atoms with Crippen molar-refractivity contribution in [2.45, 2.75) is 32.6 Å². The van der Waals surface area contributed by atoms with Crippen LogP contribution in [-0.4, -0.2) is 36.1 Å². The van der Waals surface area contributed by atoms with Gasteiger partial charge in [0, 0.05) is 44.1 Å². The molecule has 3 rings (SSSR count). The summed E-state index contributed by atoms with van der Waals surface area (Å²) in [5.74, 6) is 0.849. The van der Waals surface area contributed by atoms with Crippen LogP contribution in [0.3, 0.4) is 0 Å². The van der Waals surface area contributed by atoms with Gasteiger partial charge in [-0.25, -0.2) is 9.97 Å². The largest absolute Gasteiger partial charge is 0.356 e. The number of aromatic nitrogens is 2. The molecule has 0 saturated carbocycles. The maximum Gasteiger partial charge on any atom is 0.190 e. The number of aryl methyl sites for hydroxylation is 2. The average molecular weight is 388 g/mol. The summed E-state index contributed by atoms with van der Waals surface area (Å²) in [5, 5.41) is 9.11. The van der Waals surface area contributed by atoms with Crippen molar-refractivity contribution in [3.63, 3.8) is 0 Å². The van der Waals surface area contributed by atoms with E-state index in [0.717, 1.165) is 50.2 Å². The first kappa shape index (κ1) is 18.8. The molecule has 0 aliphatic rings. The molecule has 0 radical (unpaired) electrons. The highest BCUT2D eigenvalue weighted by Gasteiger charge is 2.04. The monoisotopic (exact) mass is 387 g/mol. The molecule has 0 amide bonds. The van der Waals surface area contributed by atoms with Gasteiger partial charge < -0.3 is 10.6 Å². The Morgan fingerprint density at radius 3 is 2.69 bits per heavy atom. The summed E-state index contributed by atoms with van der Waals surface area (Å²) in [5.41, 5.74) is 1.10. The molecule has 0 saturated heterocycles. The fourth-order valence-corrected chi connectivity index (χ4v) is 4.48. The van der Waals surface area contributed by atoms with Gasteiger partial charge in [0.15, 0.2) is 5.96 Å². The minimum absolute atomic E-state index is 0.841. The van der Waals surface area contributed by atoms with E-state index < -0.39 is 0 Å². The van der Waals surface area contributed by atoms with E-state index in [4.69, 9.17) is 0 Å². The van der Waals surface area contributed by atoms with Gasteiger partial charge in [-0.2, -0.15) is 0 Å². The van der Waals surface area contributed by atoms with Crippen LogP contribution in [0.2, 0.25) is 0 Å². The van der Waals surface area contributed by atoms with Crippen LogP contribution in [0.15, 0.2) is 35.5 Å². The highest BCUT2D eigenvalue weighted by atomic mass is 32.1. The Morgan fingerprint density at radius 1 is 1.08 bits per heavy atom. The van der Waals surface area contributed by atoms with Gasteiger partial charge in [-0.05, 0) is 25.0 Å². The number of fused-ring (bicyclic) bond motifs is 1. The smallest absolute Gasteiger partial charge is 0.190 e. The number of nitrogens with zero attached hydrogens (tertiary/aromatic N) is 3. The summed E-state index contributed by atoms with van der Waals surface area (Å²) in [6.45, 7) is 3.89. The second-order valence-electron chi connectivity index (χ2n) is 5.93. The molecule has 0 spiro atoms. The van der Waals surface area contributed by atoms with Crippen molar-refractivity contribution < 1.29 is 0 Å². The van der Waals surface area contributed by atoms with Crippen molar-refractivity contribution in [3.05, 3.63) is 45.4 Å². The standard InChI is InChI=1S/C19H25N5S2/c1-3-14-13-23-17(25-14)10-12-22-19(20-2)21-11-6-9-18-24-15-7-4-5-8-16(15)26-18/h4-5,7-8,13H,3,6,9-12H2,1-2H3,(H2,20,21,22). The van der Waals surface area contributed by atoms with Gasteiger partial charge in [0.1, 0.15) is 0 Å². The highest BCUT2D eigenvalue weighted by Crippen LogP contribution is 2.22. The van der Waals surface area contributed by atoms with E-state index in [2.05, 4.69) is 50.7 Å². The van der Waals surface area contributed by atoms with Gasteiger partial charge in [-0.15, -0.1) is 22.7 Å². The van der Waals surface area contributed by atoms with E-state index in [1.807, 2.05) is 19.3 Å². The van der Waals surface area contributed by atoms with E-state index in [9.17, 15) is 0 Å². The molecule has 0 aliphatic carbocycles. The lowest BCUT2D eigenvalue weighted by molar-refractivity contribution is 0.737. The molecular formula is C19H25N5S2. The Bertz CT molecular complexity index is 819. The van der Waals surface area contributed by atoms with E-state index >= 15 is 0 Å². The molecule has 3 aromatic rings. The fraction of sp³-hybridized carbons (Fsp3) is 0.421. The number of guanidine groups is 1. The number of benzene rings is 1. The average Bonchev–Trinajstić information content (AvgIpc) is 3.29. The number of aliphatic imine (C=N–C) groups is 1. The maximum atomic E-state index is 4.68. The topological polar surface area (TPSA) is 62.2 Å². The Balaban J connectivity index is 1.36. The van der Waals surface area contributed by atoms with E-state index in [-0.39, 0.29) is 0 Å². The maximum absolute atomic E-state index is 4.68. The second-order valence-corrected chi connectivity index (χ2v) is 8.24. The van der Waals surface area contributed by atoms with Gasteiger partial charge in [0.05, 0.1) is 20.2 Å². The molecule has 0 aliphatic heterocycles. The van der Waals surface area contributed by atoms with Crippen molar-refractivity contribution in [2.24, 2.45) is 4.99 Å². The van der Waals surface area contributed by atoms with Crippen LogP contribution < -0.4 is 10.6 Å². The predicted octanol–water partition coefficient (Wildman–Crippen LogP) is 3.66. The van der Waals surface area contributed by atoms with Gasteiger partial charge in [0.25, 0.3) is 0 Å². The van der Waals surface area contributed by atoms with Crippen LogP contribution >= 0.6 is 22.7 Å². The van der Waals surface area contributed by atoms with E-state index in [1.54, 1.807) is 22.7 Å². The summed E-state index contributed by atoms with van der Waals surface area (Å²) in [4.78, 5) is 14.8. The lowest BCUT2D eigenvalue weighted by atomic mass is 10.3. The number of hydrogen-bond donors (Lipinski definition) is 2. The molecular weight excluding hydrogens is 362 g/mol. The molecule has 0 unspecified atom stereocenters. The third-order valence-corrected chi connectivity index (χ3v) is 6.30. The third-order valence-electron chi connectivity index (χ3n) is 4.00. The fourth-order valence-electron chi connectivity index (χ4n) is 2.61. The molecule has 2 aromatic heterocycles. The summed E-state index contributed by atoms with van der Waals surface area (Å²) in [6.07, 6.45) is 5.99. The van der Waals surface area contributed by atoms with Crippen LogP contribution in [0.1, 0.15) is 28.2 Å². The van der Waals surface area contributed by atoms with Crippen LogP contribution in [0.4, 0.5) is 0 Å². The minimum atomic E-state index is 0.841. The van der Waals surface area contributed by atoms with Crippen LogP contribution in [0.5, 0.6) is 0 Å². The van der Waals surface area contributed by atoms with Gasteiger partial charge in [-0.1, -0.05) is 19.1 Å². The Hall–Kier alpha value is -1.99. The molecule has 5 nitrogen and oxygen atoms in total. The lowest BCUT2D eigenvalue weighted by Crippen LogP contribution is -2.38. The molecule has 0 fully saturated rings. The van der Waals surface area contributed by atoms with Crippen LogP contribution in [-0.2, 0) is 19.3 Å². The SMILES string of the molecule is CCc1cnc(CCNC(=NC)NCCCc2nc3ccccc3s2)s1. The van der Waals surface area contributed by atoms with Crippen molar-refractivity contribution in [1.82, 2.24) is 20.6 Å². The van der Waals surface area contributed by atoms with Crippen LogP contribution in [0, 0.1) is 0 Å². The zero-order valence-electron chi connectivity index (χ0n) is 15.3. The summed E-state index contributed by atoms with van der Waals surface area (Å²) >= 11 is 3.58. The Morgan fingerprint density at radius 2 is 1.92 bits per heavy atom. The molecule has 2 heterocycles. The number of nitrogens with one attached hydrogen (secondary N) is 2. The molecule has 26 heavy (non-hydrogen) atoms. The third kappa shape index (κ3) is 5.25.